The van der Waals surface area contributed by atoms with Gasteiger partial charge >= 0.3 is 0 Å². The third-order valence-electron chi connectivity index (χ3n) is 3.87. The van der Waals surface area contributed by atoms with E-state index in [1.165, 1.54) is 41.4 Å². The molecule has 1 amide bonds. The fourth-order valence-corrected chi connectivity index (χ4v) is 4.66. The Morgan fingerprint density at radius 3 is 2.75 bits per heavy atom. The molecule has 32 heavy (non-hydrogen) atoms. The average molecular weight is 539 g/mol. The lowest BCUT2D eigenvalue weighted by Gasteiger charge is -2.14. The van der Waals surface area contributed by atoms with E-state index in [0.717, 1.165) is 14.9 Å². The summed E-state index contributed by atoms with van der Waals surface area (Å²) in [5, 5.41) is 12.7. The van der Waals surface area contributed by atoms with Gasteiger partial charge in [-0.3, -0.25) is 4.79 Å². The lowest BCUT2D eigenvalue weighted by molar-refractivity contribution is -0.118. The van der Waals surface area contributed by atoms with Crippen LogP contribution in [0.2, 0.25) is 0 Å². The van der Waals surface area contributed by atoms with E-state index in [2.05, 4.69) is 36.7 Å². The second-order valence-corrected chi connectivity index (χ2v) is 9.61. The fourth-order valence-electron chi connectivity index (χ4n) is 2.48. The minimum absolute atomic E-state index is 0.191. The largest absolute Gasteiger partial charge is 0.490 e. The number of aryl methyl sites for hydroxylation is 1. The number of carbonyl (C=O) groups is 1. The van der Waals surface area contributed by atoms with E-state index in [1.54, 1.807) is 24.3 Å². The Bertz CT molecular complexity index is 1090. The van der Waals surface area contributed by atoms with Gasteiger partial charge in [-0.15, -0.1) is 10.2 Å². The highest BCUT2D eigenvalue weighted by atomic mass is 79.9. The predicted octanol–water partition coefficient (Wildman–Crippen LogP) is 4.97. The van der Waals surface area contributed by atoms with Crippen molar-refractivity contribution in [2.75, 3.05) is 12.4 Å². The maximum Gasteiger partial charge on any atom is 0.250 e. The molecule has 0 aliphatic rings. The topological polar surface area (TPSA) is 85.7 Å². The molecule has 0 fully saturated rings. The van der Waals surface area contributed by atoms with Gasteiger partial charge in [0.25, 0.3) is 5.91 Å². The molecule has 0 aliphatic carbocycles. The van der Waals surface area contributed by atoms with Crippen molar-refractivity contribution in [2.45, 2.75) is 24.8 Å². The normalized spacial score (nSPS) is 11.0. The quantitative estimate of drug-likeness (QED) is 0.223. The number of amides is 1. The van der Waals surface area contributed by atoms with Crippen LogP contribution in [0.15, 0.2) is 50.3 Å². The molecular weight excluding hydrogens is 519 g/mol. The summed E-state index contributed by atoms with van der Waals surface area (Å²) in [5.74, 6) is 0.702. The Labute approximate surface area is 201 Å². The average Bonchev–Trinajstić information content (AvgIpc) is 3.18. The number of nitrogens with zero attached hydrogens (tertiary/aromatic N) is 3. The van der Waals surface area contributed by atoms with Crippen LogP contribution in [0.5, 0.6) is 11.5 Å². The Morgan fingerprint density at radius 2 is 2.06 bits per heavy atom. The molecule has 3 aromatic rings. The number of benzene rings is 2. The second kappa shape index (κ2) is 11.9. The molecule has 0 aliphatic heterocycles. The molecule has 7 nitrogen and oxygen atoms in total. The van der Waals surface area contributed by atoms with Gasteiger partial charge in [-0.2, -0.15) is 5.10 Å². The molecule has 168 valence electrons. The zero-order valence-corrected chi connectivity index (χ0v) is 20.5. The molecule has 0 spiro atoms. The third-order valence-corrected chi connectivity index (χ3v) is 6.43. The highest BCUT2D eigenvalue weighted by molar-refractivity contribution is 9.10. The van der Waals surface area contributed by atoms with Crippen LogP contribution in [0.25, 0.3) is 0 Å². The number of hydrogen-bond acceptors (Lipinski definition) is 8. The molecule has 1 N–H and O–H groups in total. The first-order valence-corrected chi connectivity index (χ1v) is 12.1. The SMILES string of the molecule is CCOc1cc(/C=N\NC(=O)CSc2nnc(C)s2)cc(Br)c1OCc1ccc(F)cc1. The minimum atomic E-state index is -0.297. The number of aromatic nitrogens is 2. The van der Waals surface area contributed by atoms with Crippen molar-refractivity contribution in [1.29, 1.82) is 0 Å². The lowest BCUT2D eigenvalue weighted by atomic mass is 10.2. The van der Waals surface area contributed by atoms with Crippen molar-refractivity contribution in [3.63, 3.8) is 0 Å². The van der Waals surface area contributed by atoms with Gasteiger partial charge in [-0.25, -0.2) is 9.82 Å². The van der Waals surface area contributed by atoms with Gasteiger partial charge in [0.2, 0.25) is 0 Å². The summed E-state index contributed by atoms with van der Waals surface area (Å²) in [7, 11) is 0. The van der Waals surface area contributed by atoms with Crippen molar-refractivity contribution < 1.29 is 18.7 Å². The van der Waals surface area contributed by atoms with Crippen molar-refractivity contribution >= 4 is 51.2 Å². The standard InChI is InChI=1S/C21H20BrFN4O3S2/c1-3-29-18-9-15(10-24-26-19(28)12-31-21-27-25-13(2)32-21)8-17(22)20(18)30-11-14-4-6-16(23)7-5-14/h4-10H,3,11-12H2,1-2H3,(H,26,28)/b24-10-. The number of rotatable bonds is 10. The zero-order chi connectivity index (χ0) is 22.9. The van der Waals surface area contributed by atoms with Crippen LogP contribution in [-0.4, -0.2) is 34.7 Å². The molecule has 1 heterocycles. The molecule has 0 bridgehead atoms. The second-order valence-electron chi connectivity index (χ2n) is 6.35. The minimum Gasteiger partial charge on any atom is -0.490 e. The first kappa shape index (κ1) is 24.1. The summed E-state index contributed by atoms with van der Waals surface area (Å²) in [5.41, 5.74) is 4.03. The summed E-state index contributed by atoms with van der Waals surface area (Å²) < 4.78 is 26.1. The number of nitrogens with one attached hydrogen (secondary N) is 1. The molecule has 0 unspecified atom stereocenters. The van der Waals surface area contributed by atoms with Gasteiger partial charge in [0.15, 0.2) is 15.8 Å². The van der Waals surface area contributed by atoms with Crippen LogP contribution in [-0.2, 0) is 11.4 Å². The first-order chi connectivity index (χ1) is 15.4. The van der Waals surface area contributed by atoms with Gasteiger partial charge in [0.05, 0.1) is 23.0 Å². The molecule has 11 heteroatoms. The number of hydrazone groups is 1. The lowest BCUT2D eigenvalue weighted by Crippen LogP contribution is -2.19. The van der Waals surface area contributed by atoms with E-state index in [4.69, 9.17) is 9.47 Å². The monoisotopic (exact) mass is 538 g/mol. The molecule has 0 saturated heterocycles. The highest BCUT2D eigenvalue weighted by Gasteiger charge is 2.12. The van der Waals surface area contributed by atoms with Crippen LogP contribution in [0.4, 0.5) is 4.39 Å². The van der Waals surface area contributed by atoms with E-state index in [1.807, 2.05) is 13.8 Å². The number of halogens is 2. The Hall–Kier alpha value is -2.50. The van der Waals surface area contributed by atoms with Crippen LogP contribution >= 0.6 is 39.0 Å². The molecule has 3 rings (SSSR count). The van der Waals surface area contributed by atoms with Crippen molar-refractivity contribution in [3.8, 4) is 11.5 Å². The number of thioether (sulfide) groups is 1. The number of hydrogen-bond donors (Lipinski definition) is 1. The van der Waals surface area contributed by atoms with E-state index >= 15 is 0 Å². The fraction of sp³-hybridized carbons (Fsp3) is 0.238. The summed E-state index contributed by atoms with van der Waals surface area (Å²) in [6.45, 7) is 4.43. The third kappa shape index (κ3) is 7.28. The Morgan fingerprint density at radius 1 is 1.28 bits per heavy atom. The predicted molar refractivity (Wildman–Crippen MR) is 127 cm³/mol. The van der Waals surface area contributed by atoms with E-state index < -0.39 is 0 Å². The first-order valence-electron chi connectivity index (χ1n) is 9.53. The molecule has 0 atom stereocenters. The smallest absolute Gasteiger partial charge is 0.250 e. The molecule has 0 radical (unpaired) electrons. The van der Waals surface area contributed by atoms with E-state index in [-0.39, 0.29) is 24.1 Å². The highest BCUT2D eigenvalue weighted by Crippen LogP contribution is 2.37. The molecule has 0 saturated carbocycles. The van der Waals surface area contributed by atoms with E-state index in [9.17, 15) is 9.18 Å². The Kier molecular flexibility index (Phi) is 9.00. The maximum absolute atomic E-state index is 13.1. The number of ether oxygens (including phenoxy) is 2. The van der Waals surface area contributed by atoms with Crippen molar-refractivity contribution in [3.05, 3.63) is 62.8 Å². The van der Waals surface area contributed by atoms with Crippen LogP contribution in [0, 0.1) is 12.7 Å². The van der Waals surface area contributed by atoms with Gasteiger partial charge in [-0.05, 0) is 65.2 Å². The zero-order valence-electron chi connectivity index (χ0n) is 17.3. The summed E-state index contributed by atoms with van der Waals surface area (Å²) in [4.78, 5) is 12.0. The van der Waals surface area contributed by atoms with Crippen molar-refractivity contribution in [2.24, 2.45) is 5.10 Å². The van der Waals surface area contributed by atoms with Gasteiger partial charge in [0.1, 0.15) is 17.4 Å². The Balaban J connectivity index is 1.61. The van der Waals surface area contributed by atoms with Gasteiger partial charge in [0, 0.05) is 0 Å². The van der Waals surface area contributed by atoms with Crippen LogP contribution in [0.1, 0.15) is 23.1 Å². The van der Waals surface area contributed by atoms with Gasteiger partial charge in [-0.1, -0.05) is 35.2 Å². The van der Waals surface area contributed by atoms with E-state index in [0.29, 0.717) is 28.1 Å². The summed E-state index contributed by atoms with van der Waals surface area (Å²) in [6, 6.07) is 9.67. The van der Waals surface area contributed by atoms with Crippen LogP contribution in [0.3, 0.4) is 0 Å². The van der Waals surface area contributed by atoms with Crippen molar-refractivity contribution in [1.82, 2.24) is 15.6 Å². The molecule has 2 aromatic carbocycles. The maximum atomic E-state index is 13.1. The van der Waals surface area contributed by atoms with Crippen LogP contribution < -0.4 is 14.9 Å². The molecule has 1 aromatic heterocycles. The summed E-state index contributed by atoms with van der Waals surface area (Å²) in [6.07, 6.45) is 1.52. The van der Waals surface area contributed by atoms with Gasteiger partial charge < -0.3 is 9.47 Å². The molecular formula is C21H20BrFN4O3S2. The number of carbonyl (C=O) groups excluding carboxylic acids is 1. The summed E-state index contributed by atoms with van der Waals surface area (Å²) >= 11 is 6.24.